The molecule has 2 fully saturated rings. The van der Waals surface area contributed by atoms with Crippen molar-refractivity contribution < 1.29 is 28.7 Å². The molecule has 0 spiro atoms. The highest BCUT2D eigenvalue weighted by Gasteiger charge is 2.19. The molecule has 3 N–H and O–H groups in total. The molecule has 1 aliphatic carbocycles. The zero-order valence-electron chi connectivity index (χ0n) is 34.0. The highest BCUT2D eigenvalue weighted by atomic mass is 16.5. The molecule has 12 heteroatoms. The lowest BCUT2D eigenvalue weighted by molar-refractivity contribution is -0.129. The molecular weight excluding hydrogens is 733 g/mol. The van der Waals surface area contributed by atoms with E-state index in [0.29, 0.717) is 0 Å². The monoisotopic (exact) mass is 801 g/mol. The first-order chi connectivity index (χ1) is 27.2. The Labute approximate surface area is 346 Å². The molecule has 3 aliphatic rings. The number of imidazole rings is 1. The fourth-order valence-corrected chi connectivity index (χ4v) is 6.00. The number of nitrogens with one attached hydrogen (secondary N) is 3. The molecule has 58 heavy (non-hydrogen) atoms. The summed E-state index contributed by atoms with van der Waals surface area (Å²) in [6.07, 6.45) is 12.8. The van der Waals surface area contributed by atoms with Gasteiger partial charge in [0.25, 0.3) is 0 Å². The summed E-state index contributed by atoms with van der Waals surface area (Å²) >= 11 is 0. The third-order valence-corrected chi connectivity index (χ3v) is 8.81. The zero-order chi connectivity index (χ0) is 40.7. The normalized spacial score (nSPS) is 12.9. The van der Waals surface area contributed by atoms with Crippen LogP contribution in [-0.2, 0) is 25.5 Å². The maximum Gasteiger partial charge on any atom is 0.407 e. The highest BCUT2D eigenvalue weighted by Crippen LogP contribution is 2.29. The minimum Gasteiger partial charge on any atom is -0.453 e. The first kappa shape index (κ1) is 50.4. The number of hydrogen-bond donors (Lipinski definition) is 3. The number of rotatable bonds is 6. The quantitative estimate of drug-likeness (QED) is 0.176. The van der Waals surface area contributed by atoms with E-state index in [1.54, 1.807) is 16.1 Å². The summed E-state index contributed by atoms with van der Waals surface area (Å²) in [5.74, 6) is -0.0780. The Balaban J connectivity index is 0.000000427. The van der Waals surface area contributed by atoms with Crippen LogP contribution in [0.5, 0.6) is 0 Å². The van der Waals surface area contributed by atoms with Crippen LogP contribution in [-0.4, -0.2) is 97.3 Å². The van der Waals surface area contributed by atoms with Gasteiger partial charge >= 0.3 is 12.2 Å². The number of nitrogens with zero attached hydrogens (tertiary/aromatic N) is 3. The molecule has 0 bridgehead atoms. The lowest BCUT2D eigenvalue weighted by Gasteiger charge is -2.14. The Bertz CT molecular complexity index is 1800. The minimum atomic E-state index is -0.562. The summed E-state index contributed by atoms with van der Waals surface area (Å²) in [6.45, 7) is 11.8. The second kappa shape index (κ2) is 27.9. The number of benzene rings is 3. The van der Waals surface area contributed by atoms with Crippen LogP contribution in [0.15, 0.2) is 73.1 Å². The van der Waals surface area contributed by atoms with Crippen LogP contribution in [0.1, 0.15) is 92.2 Å². The van der Waals surface area contributed by atoms with E-state index >= 15 is 0 Å². The van der Waals surface area contributed by atoms with Crippen LogP contribution < -0.4 is 10.6 Å². The van der Waals surface area contributed by atoms with E-state index in [-0.39, 0.29) is 39.8 Å². The summed E-state index contributed by atoms with van der Waals surface area (Å²) in [6, 6.07) is 21.9. The second-order valence-electron chi connectivity index (χ2n) is 13.5. The standard InChI is InChI=1S/C22H16N2.2C8H14N2O3.2C3H8.2CH4/c1-2-15-8-9-19(12-18(15)3-1)16-4-6-17(7-5-16)20-10-11-21-22(13-20)24-14-23-21;2*1-13-8(12)9-6-7(11)10-4-2-3-5-10;2*1-3-2;;/h1,3-14H,2H2,(H,23,24);2*2-6H2,1H3,(H,9,12);2*3H2,1-2H3;2*1H4. The molecule has 2 aliphatic heterocycles. The van der Waals surface area contributed by atoms with Crippen LogP contribution in [0.4, 0.5) is 9.59 Å². The van der Waals surface area contributed by atoms with Crippen LogP contribution in [0.25, 0.3) is 39.4 Å². The molecule has 0 radical (unpaired) electrons. The molecule has 0 saturated carbocycles. The number of allylic oxidation sites excluding steroid dienone is 1. The van der Waals surface area contributed by atoms with Crippen molar-refractivity contribution in [3.63, 3.8) is 0 Å². The van der Waals surface area contributed by atoms with E-state index in [1.165, 1.54) is 60.4 Å². The third kappa shape index (κ3) is 16.4. The van der Waals surface area contributed by atoms with E-state index in [4.69, 9.17) is 0 Å². The van der Waals surface area contributed by atoms with Crippen molar-refractivity contribution in [3.05, 3.63) is 84.2 Å². The van der Waals surface area contributed by atoms with Gasteiger partial charge in [0.1, 0.15) is 13.1 Å². The summed E-state index contributed by atoms with van der Waals surface area (Å²) in [5.41, 5.74) is 9.79. The largest absolute Gasteiger partial charge is 0.453 e. The summed E-state index contributed by atoms with van der Waals surface area (Å²) in [4.78, 5) is 54.8. The van der Waals surface area contributed by atoms with Gasteiger partial charge in [-0.2, -0.15) is 0 Å². The van der Waals surface area contributed by atoms with Crippen LogP contribution in [0, 0.1) is 0 Å². The van der Waals surface area contributed by atoms with Gasteiger partial charge < -0.3 is 34.9 Å². The van der Waals surface area contributed by atoms with Gasteiger partial charge in [-0.1, -0.05) is 110 Å². The minimum absolute atomic E-state index is 0. The maximum absolute atomic E-state index is 11.3. The number of likely N-dealkylation sites (tertiary alicyclic amines) is 2. The van der Waals surface area contributed by atoms with Gasteiger partial charge in [-0.25, -0.2) is 14.6 Å². The smallest absolute Gasteiger partial charge is 0.407 e. The molecule has 4 amide bonds. The summed E-state index contributed by atoms with van der Waals surface area (Å²) in [5, 5.41) is 4.71. The molecule has 4 aromatic rings. The Hall–Kier alpha value is -5.65. The predicted octanol–water partition coefficient (Wildman–Crippen LogP) is 9.50. The average Bonchev–Trinajstić information content (AvgIpc) is 4.07. The van der Waals surface area contributed by atoms with E-state index < -0.39 is 12.2 Å². The number of ether oxygens (including phenoxy) is 2. The predicted molar refractivity (Wildman–Crippen MR) is 238 cm³/mol. The summed E-state index contributed by atoms with van der Waals surface area (Å²) in [7, 11) is 2.55. The van der Waals surface area contributed by atoms with Gasteiger partial charge in [0.15, 0.2) is 0 Å². The molecular formula is C46H68N6O6. The number of hydrogen-bond acceptors (Lipinski definition) is 7. The van der Waals surface area contributed by atoms with Crippen molar-refractivity contribution in [1.82, 2.24) is 30.4 Å². The van der Waals surface area contributed by atoms with Gasteiger partial charge in [0.05, 0.1) is 31.6 Å². The van der Waals surface area contributed by atoms with Crippen LogP contribution in [0.2, 0.25) is 0 Å². The van der Waals surface area contributed by atoms with E-state index in [1.807, 2.05) is 0 Å². The Morgan fingerprint density at radius 3 is 1.55 bits per heavy atom. The Kier molecular flexibility index (Phi) is 24.2. The van der Waals surface area contributed by atoms with Gasteiger partial charge in [0.2, 0.25) is 11.8 Å². The van der Waals surface area contributed by atoms with E-state index in [0.717, 1.165) is 69.3 Å². The van der Waals surface area contributed by atoms with Crippen molar-refractivity contribution in [1.29, 1.82) is 0 Å². The number of aromatic nitrogens is 2. The average molecular weight is 801 g/mol. The molecule has 12 nitrogen and oxygen atoms in total. The molecule has 2 saturated heterocycles. The fourth-order valence-electron chi connectivity index (χ4n) is 6.00. The van der Waals surface area contributed by atoms with Gasteiger partial charge in [-0.3, -0.25) is 9.59 Å². The maximum atomic E-state index is 11.3. The van der Waals surface area contributed by atoms with Gasteiger partial charge in [-0.05, 0) is 83.7 Å². The topological polar surface area (TPSA) is 146 Å². The fraction of sp³-hybridized carbons (Fsp3) is 0.457. The van der Waals surface area contributed by atoms with Gasteiger partial charge in [-0.15, -0.1) is 0 Å². The number of amides is 4. The van der Waals surface area contributed by atoms with Crippen molar-refractivity contribution in [2.24, 2.45) is 0 Å². The Morgan fingerprint density at radius 2 is 1.09 bits per heavy atom. The lowest BCUT2D eigenvalue weighted by Crippen LogP contribution is -2.38. The van der Waals surface area contributed by atoms with Crippen LogP contribution in [0.3, 0.4) is 0 Å². The first-order valence-electron chi connectivity index (χ1n) is 19.7. The molecule has 1 aromatic heterocycles. The second-order valence-corrected chi connectivity index (χ2v) is 13.5. The van der Waals surface area contributed by atoms with Crippen molar-refractivity contribution in [2.75, 3.05) is 53.5 Å². The molecule has 0 unspecified atom stereocenters. The number of H-pyrrole nitrogens is 1. The number of methoxy groups -OCH3 is 2. The number of alkyl carbamates (subject to hydrolysis) is 2. The van der Waals surface area contributed by atoms with Crippen LogP contribution >= 0.6 is 0 Å². The van der Waals surface area contributed by atoms with Crippen molar-refractivity contribution >= 4 is 41.1 Å². The van der Waals surface area contributed by atoms with E-state index in [9.17, 15) is 19.2 Å². The number of aromatic amines is 1. The number of fused-ring (bicyclic) bond motifs is 2. The van der Waals surface area contributed by atoms with E-state index in [2.05, 4.69) is 131 Å². The Morgan fingerprint density at radius 1 is 0.655 bits per heavy atom. The number of carbonyl (C=O) groups excluding carboxylic acids is 4. The molecule has 7 rings (SSSR count). The lowest BCUT2D eigenvalue weighted by atomic mass is 9.98. The molecule has 0 atom stereocenters. The zero-order valence-corrected chi connectivity index (χ0v) is 34.0. The SMILES string of the molecule is C.C.C1=Cc2cc(-c3ccc(-c4ccc5nc[nH]c5c4)cc3)ccc2C1.CCC.CCC.COC(=O)NCC(=O)N1CCCC1.COC(=O)NCC(=O)N1CCCC1. The number of carbonyl (C=O) groups is 4. The summed E-state index contributed by atoms with van der Waals surface area (Å²) < 4.78 is 8.68. The molecule has 318 valence electrons. The van der Waals surface area contributed by atoms with Crippen molar-refractivity contribution in [3.8, 4) is 22.3 Å². The molecule has 3 heterocycles. The third-order valence-electron chi connectivity index (χ3n) is 8.81. The van der Waals surface area contributed by atoms with Crippen molar-refractivity contribution in [2.45, 2.75) is 87.5 Å². The molecule has 3 aromatic carbocycles. The highest BCUT2D eigenvalue weighted by molar-refractivity contribution is 5.84. The van der Waals surface area contributed by atoms with Gasteiger partial charge in [0, 0.05) is 26.2 Å². The first-order valence-corrected chi connectivity index (χ1v) is 19.7.